The van der Waals surface area contributed by atoms with Gasteiger partial charge in [-0.1, -0.05) is 19.1 Å². The second-order valence-electron chi connectivity index (χ2n) is 8.15. The third-order valence-electron chi connectivity index (χ3n) is 6.63. The summed E-state index contributed by atoms with van der Waals surface area (Å²) in [5.41, 5.74) is 2.11. The van der Waals surface area contributed by atoms with Crippen LogP contribution < -0.4 is 4.90 Å². The highest BCUT2D eigenvalue weighted by molar-refractivity contribution is 6.00. The van der Waals surface area contributed by atoms with E-state index < -0.39 is 12.0 Å². The first-order chi connectivity index (χ1) is 12.5. The molecule has 1 N–H and O–H groups in total. The van der Waals surface area contributed by atoms with Gasteiger partial charge in [0.25, 0.3) is 0 Å². The molecule has 4 rings (SSSR count). The second kappa shape index (κ2) is 6.69. The number of carboxylic acids is 1. The summed E-state index contributed by atoms with van der Waals surface area (Å²) in [4.78, 5) is 28.6. The molecule has 1 saturated carbocycles. The summed E-state index contributed by atoms with van der Waals surface area (Å²) in [6, 6.07) is 8.11. The standard InChI is InChI=1S/C21H28N2O3/c1-2-18(19(24)25)22-12-9-21(10-13-22)11-14-23(20(21)26)17-7-5-16(6-8-17)15-3-4-15/h5-8,15,18H,2-4,9-14H2,1H3,(H,24,25). The first kappa shape index (κ1) is 17.5. The summed E-state index contributed by atoms with van der Waals surface area (Å²) in [6.07, 6.45) is 5.61. The fourth-order valence-electron chi connectivity index (χ4n) is 4.73. The van der Waals surface area contributed by atoms with Gasteiger partial charge in [-0.25, -0.2) is 0 Å². The Labute approximate surface area is 155 Å². The number of carbonyl (C=O) groups excluding carboxylic acids is 1. The molecule has 1 unspecified atom stereocenters. The van der Waals surface area contributed by atoms with Gasteiger partial charge in [-0.3, -0.25) is 14.5 Å². The summed E-state index contributed by atoms with van der Waals surface area (Å²) in [7, 11) is 0. The Kier molecular flexibility index (Phi) is 4.51. The van der Waals surface area contributed by atoms with Gasteiger partial charge >= 0.3 is 5.97 Å². The van der Waals surface area contributed by atoms with Crippen LogP contribution in [-0.2, 0) is 9.59 Å². The zero-order chi connectivity index (χ0) is 18.3. The molecule has 2 heterocycles. The molecular weight excluding hydrogens is 328 g/mol. The Balaban J connectivity index is 1.43. The highest BCUT2D eigenvalue weighted by Gasteiger charge is 2.49. The third kappa shape index (κ3) is 3.02. The lowest BCUT2D eigenvalue weighted by Gasteiger charge is -2.40. The third-order valence-corrected chi connectivity index (χ3v) is 6.63. The van der Waals surface area contributed by atoms with Crippen molar-refractivity contribution in [1.29, 1.82) is 0 Å². The van der Waals surface area contributed by atoms with Crippen LogP contribution in [0.4, 0.5) is 5.69 Å². The van der Waals surface area contributed by atoms with Crippen LogP contribution in [0.2, 0.25) is 0 Å². The van der Waals surface area contributed by atoms with E-state index in [9.17, 15) is 14.7 Å². The molecular formula is C21H28N2O3. The highest BCUT2D eigenvalue weighted by atomic mass is 16.4. The summed E-state index contributed by atoms with van der Waals surface area (Å²) < 4.78 is 0. The molecule has 5 heteroatoms. The minimum Gasteiger partial charge on any atom is -0.480 e. The van der Waals surface area contributed by atoms with Gasteiger partial charge < -0.3 is 10.0 Å². The SMILES string of the molecule is CCC(C(=O)O)N1CCC2(CCN(c3ccc(C4CC4)cc3)C2=O)CC1. The molecule has 3 fully saturated rings. The predicted octanol–water partition coefficient (Wildman–Crippen LogP) is 3.25. The Hall–Kier alpha value is -1.88. The lowest BCUT2D eigenvalue weighted by Crippen LogP contribution is -2.50. The molecule has 0 aromatic heterocycles. The molecule has 1 spiro atoms. The number of amides is 1. The van der Waals surface area contributed by atoms with Crippen molar-refractivity contribution in [3.8, 4) is 0 Å². The van der Waals surface area contributed by atoms with E-state index in [1.165, 1.54) is 18.4 Å². The van der Waals surface area contributed by atoms with Crippen molar-refractivity contribution in [1.82, 2.24) is 4.90 Å². The largest absolute Gasteiger partial charge is 0.480 e. The minimum absolute atomic E-state index is 0.236. The Morgan fingerprint density at radius 1 is 1.15 bits per heavy atom. The van der Waals surface area contributed by atoms with Crippen molar-refractivity contribution >= 4 is 17.6 Å². The minimum atomic E-state index is -0.751. The number of likely N-dealkylation sites (tertiary alicyclic amines) is 1. The van der Waals surface area contributed by atoms with Gasteiger partial charge in [-0.05, 0) is 62.1 Å². The molecule has 2 saturated heterocycles. The maximum Gasteiger partial charge on any atom is 0.320 e. The Bertz CT molecular complexity index is 688. The van der Waals surface area contributed by atoms with Gasteiger partial charge in [0.2, 0.25) is 5.91 Å². The van der Waals surface area contributed by atoms with E-state index in [0.29, 0.717) is 19.5 Å². The van der Waals surface area contributed by atoms with Crippen LogP contribution in [0, 0.1) is 5.41 Å². The summed E-state index contributed by atoms with van der Waals surface area (Å²) in [6.45, 7) is 4.09. The number of hydrogen-bond acceptors (Lipinski definition) is 3. The number of anilines is 1. The van der Waals surface area contributed by atoms with Crippen molar-refractivity contribution in [3.63, 3.8) is 0 Å². The monoisotopic (exact) mass is 356 g/mol. The van der Waals surface area contributed by atoms with E-state index in [1.54, 1.807) is 0 Å². The quantitative estimate of drug-likeness (QED) is 0.880. The molecule has 0 bridgehead atoms. The van der Waals surface area contributed by atoms with Crippen LogP contribution >= 0.6 is 0 Å². The van der Waals surface area contributed by atoms with Gasteiger partial charge in [-0.2, -0.15) is 0 Å². The lowest BCUT2D eigenvalue weighted by molar-refractivity contribution is -0.144. The van der Waals surface area contributed by atoms with Crippen LogP contribution in [0.1, 0.15) is 56.9 Å². The van der Waals surface area contributed by atoms with Crippen molar-refractivity contribution in [2.24, 2.45) is 5.41 Å². The van der Waals surface area contributed by atoms with Crippen molar-refractivity contribution < 1.29 is 14.7 Å². The smallest absolute Gasteiger partial charge is 0.320 e. The molecule has 5 nitrogen and oxygen atoms in total. The zero-order valence-corrected chi connectivity index (χ0v) is 15.5. The van der Waals surface area contributed by atoms with Gasteiger partial charge in [0, 0.05) is 25.3 Å². The van der Waals surface area contributed by atoms with Crippen LogP contribution in [0.3, 0.4) is 0 Å². The molecule has 3 aliphatic rings. The fraction of sp³-hybridized carbons (Fsp3) is 0.619. The van der Waals surface area contributed by atoms with E-state index in [1.807, 2.05) is 16.7 Å². The molecule has 1 aromatic rings. The van der Waals surface area contributed by atoms with Gasteiger partial charge in [0.1, 0.15) is 6.04 Å². The maximum absolute atomic E-state index is 13.2. The Morgan fingerprint density at radius 2 is 1.77 bits per heavy atom. The molecule has 26 heavy (non-hydrogen) atoms. The average molecular weight is 356 g/mol. The number of benzene rings is 1. The van der Waals surface area contributed by atoms with Crippen LogP contribution in [0.5, 0.6) is 0 Å². The zero-order valence-electron chi connectivity index (χ0n) is 15.5. The second-order valence-corrected chi connectivity index (χ2v) is 8.15. The number of aliphatic carboxylic acids is 1. The molecule has 1 aliphatic carbocycles. The predicted molar refractivity (Wildman–Crippen MR) is 100 cm³/mol. The molecule has 140 valence electrons. The van der Waals surface area contributed by atoms with E-state index in [0.717, 1.165) is 37.4 Å². The number of carboxylic acid groups (broad SMARTS) is 1. The maximum atomic E-state index is 13.2. The van der Waals surface area contributed by atoms with Crippen molar-refractivity contribution in [2.45, 2.75) is 57.4 Å². The number of rotatable bonds is 5. The van der Waals surface area contributed by atoms with Crippen LogP contribution in [-0.4, -0.2) is 47.6 Å². The summed E-state index contributed by atoms with van der Waals surface area (Å²) >= 11 is 0. The molecule has 1 amide bonds. The van der Waals surface area contributed by atoms with Crippen molar-refractivity contribution in [2.75, 3.05) is 24.5 Å². The van der Waals surface area contributed by atoms with E-state index in [-0.39, 0.29) is 11.3 Å². The molecule has 1 atom stereocenters. The van der Waals surface area contributed by atoms with Crippen LogP contribution in [0.15, 0.2) is 24.3 Å². The highest BCUT2D eigenvalue weighted by Crippen LogP contribution is 2.44. The normalized spacial score (nSPS) is 24.2. The summed E-state index contributed by atoms with van der Waals surface area (Å²) in [5, 5.41) is 9.37. The number of hydrogen-bond donors (Lipinski definition) is 1. The lowest BCUT2D eigenvalue weighted by atomic mass is 9.76. The van der Waals surface area contributed by atoms with Gasteiger partial charge in [-0.15, -0.1) is 0 Å². The van der Waals surface area contributed by atoms with Crippen LogP contribution in [0.25, 0.3) is 0 Å². The van der Waals surface area contributed by atoms with Gasteiger partial charge in [0.15, 0.2) is 0 Å². The average Bonchev–Trinajstić information content (AvgIpc) is 3.44. The topological polar surface area (TPSA) is 60.9 Å². The van der Waals surface area contributed by atoms with E-state index in [2.05, 4.69) is 24.3 Å². The molecule has 2 aliphatic heterocycles. The van der Waals surface area contributed by atoms with Crippen molar-refractivity contribution in [3.05, 3.63) is 29.8 Å². The first-order valence-electron chi connectivity index (χ1n) is 9.93. The van der Waals surface area contributed by atoms with E-state index in [4.69, 9.17) is 0 Å². The molecule has 1 aromatic carbocycles. The number of carbonyl (C=O) groups is 2. The Morgan fingerprint density at radius 3 is 2.31 bits per heavy atom. The van der Waals surface area contributed by atoms with E-state index >= 15 is 0 Å². The fourth-order valence-corrected chi connectivity index (χ4v) is 4.73. The molecule has 0 radical (unpaired) electrons. The van der Waals surface area contributed by atoms with Gasteiger partial charge in [0.05, 0.1) is 5.41 Å². The number of piperidine rings is 1. The number of nitrogens with zero attached hydrogens (tertiary/aromatic N) is 2. The summed E-state index contributed by atoms with van der Waals surface area (Å²) in [5.74, 6) is 0.216. The first-order valence-corrected chi connectivity index (χ1v) is 9.93.